The molecule has 10 heteroatoms. The van der Waals surface area contributed by atoms with Crippen molar-refractivity contribution < 1.29 is 23.0 Å². The molecule has 4 rings (SSSR count). The second kappa shape index (κ2) is 6.88. The Morgan fingerprint density at radius 2 is 1.71 bits per heavy atom. The van der Waals surface area contributed by atoms with Crippen molar-refractivity contribution in [2.24, 2.45) is 0 Å². The van der Waals surface area contributed by atoms with E-state index in [0.29, 0.717) is 16.3 Å². The maximum Gasteiger partial charge on any atom is 0.586 e. The number of carbonyl (C=O) groups excluding carboxylic acids is 1. The Labute approximate surface area is 167 Å². The van der Waals surface area contributed by atoms with Crippen LogP contribution in [-0.2, 0) is 0 Å². The highest BCUT2D eigenvalue weighted by atomic mass is 35.5. The summed E-state index contributed by atoms with van der Waals surface area (Å²) in [4.78, 5) is 20.5. The van der Waals surface area contributed by atoms with E-state index in [4.69, 9.17) is 23.2 Å². The number of halogens is 4. The molecule has 1 aromatic heterocycles. The van der Waals surface area contributed by atoms with Crippen molar-refractivity contribution in [1.82, 2.24) is 9.97 Å². The fourth-order valence-electron chi connectivity index (χ4n) is 2.53. The van der Waals surface area contributed by atoms with Gasteiger partial charge in [0.05, 0.1) is 33.7 Å². The van der Waals surface area contributed by atoms with E-state index in [1.807, 2.05) is 0 Å². The third-order valence-electron chi connectivity index (χ3n) is 3.78. The van der Waals surface area contributed by atoms with Crippen LogP contribution in [0.15, 0.2) is 48.8 Å². The lowest BCUT2D eigenvalue weighted by atomic mass is 10.1. The summed E-state index contributed by atoms with van der Waals surface area (Å²) in [6.45, 7) is 0. The van der Waals surface area contributed by atoms with Gasteiger partial charge in [-0.15, -0.1) is 8.78 Å². The number of amides is 1. The summed E-state index contributed by atoms with van der Waals surface area (Å²) < 4.78 is 35.1. The zero-order chi connectivity index (χ0) is 19.9. The Hall–Kier alpha value is -2.97. The van der Waals surface area contributed by atoms with Gasteiger partial charge < -0.3 is 14.8 Å². The van der Waals surface area contributed by atoms with E-state index < -0.39 is 12.2 Å². The van der Waals surface area contributed by atoms with Gasteiger partial charge in [0.25, 0.3) is 5.91 Å². The van der Waals surface area contributed by atoms with Crippen LogP contribution in [0.4, 0.5) is 14.6 Å². The number of hydrogen-bond acceptors (Lipinski definition) is 5. The standard InChI is InChI=1S/C18H9Cl2F2N3O3/c19-11-4-2-1-3-9(11)17(26)25-16-8-23-13(7-24-16)10-5-14-15(6-12(10)20)28-18(21,22)27-14/h1-8H,(H,24,25,26). The van der Waals surface area contributed by atoms with Crippen molar-refractivity contribution in [1.29, 1.82) is 0 Å². The summed E-state index contributed by atoms with van der Waals surface area (Å²) in [6.07, 6.45) is -1.10. The Kier molecular flexibility index (Phi) is 4.52. The van der Waals surface area contributed by atoms with E-state index in [9.17, 15) is 13.6 Å². The summed E-state index contributed by atoms with van der Waals surface area (Å²) in [5.41, 5.74) is 0.898. The van der Waals surface area contributed by atoms with Gasteiger partial charge in [0.15, 0.2) is 17.3 Å². The molecule has 0 spiro atoms. The molecule has 0 saturated carbocycles. The lowest BCUT2D eigenvalue weighted by Gasteiger charge is -2.08. The highest BCUT2D eigenvalue weighted by molar-refractivity contribution is 6.34. The SMILES string of the molecule is O=C(Nc1cnc(-c2cc3c(cc2Cl)OC(F)(F)O3)cn1)c1ccccc1Cl. The first kappa shape index (κ1) is 18.4. The zero-order valence-corrected chi connectivity index (χ0v) is 15.3. The number of hydrogen-bond donors (Lipinski definition) is 1. The summed E-state index contributed by atoms with van der Waals surface area (Å²) in [6, 6.07) is 9.05. The summed E-state index contributed by atoms with van der Waals surface area (Å²) in [7, 11) is 0. The quantitative estimate of drug-likeness (QED) is 0.639. The first-order valence-electron chi connectivity index (χ1n) is 7.80. The molecule has 142 valence electrons. The molecule has 2 aromatic carbocycles. The number of fused-ring (bicyclic) bond motifs is 1. The molecule has 0 bridgehead atoms. The molecular formula is C18H9Cl2F2N3O3. The van der Waals surface area contributed by atoms with Gasteiger partial charge in [0.1, 0.15) is 0 Å². The number of benzene rings is 2. The van der Waals surface area contributed by atoms with Gasteiger partial charge in [-0.25, -0.2) is 4.98 Å². The maximum atomic E-state index is 13.2. The van der Waals surface area contributed by atoms with Crippen LogP contribution >= 0.6 is 23.2 Å². The summed E-state index contributed by atoms with van der Waals surface area (Å²) >= 11 is 12.1. The highest BCUT2D eigenvalue weighted by Gasteiger charge is 2.43. The second-order valence-corrected chi connectivity index (χ2v) is 6.48. The average molecular weight is 424 g/mol. The van der Waals surface area contributed by atoms with E-state index >= 15 is 0 Å². The minimum absolute atomic E-state index is 0.127. The van der Waals surface area contributed by atoms with Gasteiger partial charge in [-0.3, -0.25) is 9.78 Å². The van der Waals surface area contributed by atoms with Crippen LogP contribution in [0.1, 0.15) is 10.4 Å². The van der Waals surface area contributed by atoms with Crippen LogP contribution in [0, 0.1) is 0 Å². The Balaban J connectivity index is 1.56. The number of rotatable bonds is 3. The molecule has 0 atom stereocenters. The smallest absolute Gasteiger partial charge is 0.395 e. The monoisotopic (exact) mass is 423 g/mol. The molecule has 28 heavy (non-hydrogen) atoms. The Morgan fingerprint density at radius 3 is 2.39 bits per heavy atom. The van der Waals surface area contributed by atoms with E-state index in [1.54, 1.807) is 24.3 Å². The van der Waals surface area contributed by atoms with Gasteiger partial charge in [-0.2, -0.15) is 0 Å². The molecule has 2 heterocycles. The largest absolute Gasteiger partial charge is 0.586 e. The third-order valence-corrected chi connectivity index (χ3v) is 4.42. The molecule has 0 unspecified atom stereocenters. The number of nitrogens with zero attached hydrogens (tertiary/aromatic N) is 2. The molecule has 0 aliphatic carbocycles. The number of ether oxygens (including phenoxy) is 2. The fraction of sp³-hybridized carbons (Fsp3) is 0.0556. The summed E-state index contributed by atoms with van der Waals surface area (Å²) in [5, 5.41) is 3.00. The van der Waals surface area contributed by atoms with Gasteiger partial charge >= 0.3 is 6.29 Å². The first-order valence-corrected chi connectivity index (χ1v) is 8.56. The Bertz CT molecular complexity index is 1080. The molecule has 1 aliphatic heterocycles. The molecule has 0 radical (unpaired) electrons. The van der Waals surface area contributed by atoms with Crippen molar-refractivity contribution in [3.63, 3.8) is 0 Å². The molecule has 3 aromatic rings. The summed E-state index contributed by atoms with van der Waals surface area (Å²) in [5.74, 6) is -0.606. The maximum absolute atomic E-state index is 13.2. The van der Waals surface area contributed by atoms with Crippen LogP contribution < -0.4 is 14.8 Å². The molecule has 0 fully saturated rings. The molecule has 6 nitrogen and oxygen atoms in total. The van der Waals surface area contributed by atoms with Crippen LogP contribution in [0.3, 0.4) is 0 Å². The van der Waals surface area contributed by atoms with Crippen molar-refractivity contribution in [2.75, 3.05) is 5.32 Å². The lowest BCUT2D eigenvalue weighted by Crippen LogP contribution is -2.25. The van der Waals surface area contributed by atoms with E-state index in [0.717, 1.165) is 0 Å². The number of anilines is 1. The van der Waals surface area contributed by atoms with Crippen molar-refractivity contribution >= 4 is 34.9 Å². The van der Waals surface area contributed by atoms with Crippen molar-refractivity contribution in [2.45, 2.75) is 6.29 Å². The molecule has 1 aliphatic rings. The van der Waals surface area contributed by atoms with Crippen LogP contribution in [-0.4, -0.2) is 22.2 Å². The predicted molar refractivity (Wildman–Crippen MR) is 98.1 cm³/mol. The fourth-order valence-corrected chi connectivity index (χ4v) is 3.00. The van der Waals surface area contributed by atoms with Crippen molar-refractivity contribution in [3.8, 4) is 22.8 Å². The minimum Gasteiger partial charge on any atom is -0.395 e. The normalized spacial score (nSPS) is 14.0. The van der Waals surface area contributed by atoms with Crippen LogP contribution in [0.25, 0.3) is 11.3 Å². The average Bonchev–Trinajstić information content (AvgIpc) is 2.95. The zero-order valence-electron chi connectivity index (χ0n) is 13.7. The van der Waals surface area contributed by atoms with Gasteiger partial charge in [-0.05, 0) is 18.2 Å². The number of aromatic nitrogens is 2. The molecule has 0 saturated heterocycles. The van der Waals surface area contributed by atoms with Crippen LogP contribution in [0.5, 0.6) is 11.5 Å². The first-order chi connectivity index (χ1) is 13.3. The number of alkyl halides is 2. The highest BCUT2D eigenvalue weighted by Crippen LogP contribution is 2.45. The van der Waals surface area contributed by atoms with Gasteiger partial charge in [0.2, 0.25) is 0 Å². The van der Waals surface area contributed by atoms with E-state index in [2.05, 4.69) is 24.8 Å². The molecular weight excluding hydrogens is 415 g/mol. The van der Waals surface area contributed by atoms with Gasteiger partial charge in [0, 0.05) is 11.6 Å². The topological polar surface area (TPSA) is 73.3 Å². The second-order valence-electron chi connectivity index (χ2n) is 5.67. The molecule has 1 amide bonds. The number of nitrogens with one attached hydrogen (secondary N) is 1. The lowest BCUT2D eigenvalue weighted by molar-refractivity contribution is -0.286. The predicted octanol–water partition coefficient (Wildman–Crippen LogP) is 5.02. The van der Waals surface area contributed by atoms with E-state index in [-0.39, 0.29) is 27.9 Å². The molecule has 1 N–H and O–H groups in total. The van der Waals surface area contributed by atoms with Crippen LogP contribution in [0.2, 0.25) is 10.0 Å². The van der Waals surface area contributed by atoms with Gasteiger partial charge in [-0.1, -0.05) is 35.3 Å². The van der Waals surface area contributed by atoms with Crippen molar-refractivity contribution in [3.05, 3.63) is 64.4 Å². The third kappa shape index (κ3) is 3.56. The minimum atomic E-state index is -3.75. The Morgan fingerprint density at radius 1 is 1.00 bits per heavy atom. The number of carbonyl (C=O) groups is 1. The van der Waals surface area contributed by atoms with E-state index in [1.165, 1.54) is 24.5 Å².